The van der Waals surface area contributed by atoms with E-state index in [0.29, 0.717) is 17.0 Å². The van der Waals surface area contributed by atoms with E-state index in [-0.39, 0.29) is 12.2 Å². The number of Topliss-reactive ketones (excluding diaryl/α,β-unsaturated/α-hetero) is 1. The average Bonchev–Trinajstić information content (AvgIpc) is 2.75. The van der Waals surface area contributed by atoms with Gasteiger partial charge in [0.25, 0.3) is 0 Å². The number of thiophene rings is 1. The summed E-state index contributed by atoms with van der Waals surface area (Å²) in [4.78, 5) is 11.7. The Hall–Kier alpha value is -1.19. The van der Waals surface area contributed by atoms with Crippen LogP contribution in [-0.2, 0) is 17.6 Å². The van der Waals surface area contributed by atoms with Crippen molar-refractivity contribution in [3.63, 3.8) is 0 Å². The Balaban J connectivity index is 2.03. The highest BCUT2D eigenvalue weighted by molar-refractivity contribution is 7.08. The first kappa shape index (κ1) is 12.3. The highest BCUT2D eigenvalue weighted by Crippen LogP contribution is 2.16. The normalized spacial score (nSPS) is 10.5. The van der Waals surface area contributed by atoms with E-state index in [0.717, 1.165) is 5.56 Å². The first-order chi connectivity index (χ1) is 8.15. The largest absolute Gasteiger partial charge is 0.299 e. The Morgan fingerprint density at radius 2 is 2.12 bits per heavy atom. The maximum Gasteiger partial charge on any atom is 0.141 e. The summed E-state index contributed by atoms with van der Waals surface area (Å²) < 4.78 is 13.5. The van der Waals surface area contributed by atoms with Gasteiger partial charge in [-0.1, -0.05) is 17.7 Å². The highest BCUT2D eigenvalue weighted by atomic mass is 35.5. The molecule has 0 spiro atoms. The molecule has 2 aromatic rings. The second-order valence-electron chi connectivity index (χ2n) is 3.76. The lowest BCUT2D eigenvalue weighted by Crippen LogP contribution is -2.07. The summed E-state index contributed by atoms with van der Waals surface area (Å²) in [5.41, 5.74) is 1.38. The molecular weight excluding hydrogens is 259 g/mol. The van der Waals surface area contributed by atoms with E-state index in [2.05, 4.69) is 0 Å². The van der Waals surface area contributed by atoms with Crippen LogP contribution in [0.2, 0.25) is 5.02 Å². The van der Waals surface area contributed by atoms with Crippen LogP contribution in [0.15, 0.2) is 35.0 Å². The number of carbonyl (C=O) groups excluding carboxylic acids is 1. The summed E-state index contributed by atoms with van der Waals surface area (Å²) in [7, 11) is 0. The minimum atomic E-state index is -0.420. The van der Waals surface area contributed by atoms with Crippen LogP contribution in [0.1, 0.15) is 11.1 Å². The molecule has 0 amide bonds. The van der Waals surface area contributed by atoms with Crippen molar-refractivity contribution < 1.29 is 9.18 Å². The summed E-state index contributed by atoms with van der Waals surface area (Å²) >= 11 is 7.19. The molecule has 0 unspecified atom stereocenters. The molecule has 1 nitrogen and oxygen atoms in total. The second kappa shape index (κ2) is 5.43. The predicted octanol–water partition coefficient (Wildman–Crippen LogP) is 3.89. The third kappa shape index (κ3) is 3.38. The fourth-order valence-corrected chi connectivity index (χ4v) is 2.39. The van der Waals surface area contributed by atoms with Gasteiger partial charge in [-0.25, -0.2) is 4.39 Å². The number of halogens is 2. The van der Waals surface area contributed by atoms with Crippen molar-refractivity contribution in [3.8, 4) is 0 Å². The van der Waals surface area contributed by atoms with Gasteiger partial charge in [-0.3, -0.25) is 4.79 Å². The molecule has 0 aliphatic heterocycles. The van der Waals surface area contributed by atoms with Crippen molar-refractivity contribution in [2.24, 2.45) is 0 Å². The molecule has 0 radical (unpaired) electrons. The zero-order valence-electron chi connectivity index (χ0n) is 8.95. The topological polar surface area (TPSA) is 17.1 Å². The van der Waals surface area contributed by atoms with Crippen LogP contribution >= 0.6 is 22.9 Å². The van der Waals surface area contributed by atoms with E-state index in [1.165, 1.54) is 6.07 Å². The predicted molar refractivity (Wildman–Crippen MR) is 68.1 cm³/mol. The number of rotatable bonds is 4. The van der Waals surface area contributed by atoms with Gasteiger partial charge in [-0.15, -0.1) is 0 Å². The van der Waals surface area contributed by atoms with Crippen molar-refractivity contribution in [2.75, 3.05) is 0 Å². The number of benzene rings is 1. The molecule has 0 saturated carbocycles. The van der Waals surface area contributed by atoms with Gasteiger partial charge in [0.15, 0.2) is 0 Å². The van der Waals surface area contributed by atoms with Crippen molar-refractivity contribution in [2.45, 2.75) is 12.8 Å². The Kier molecular flexibility index (Phi) is 3.92. The third-order valence-electron chi connectivity index (χ3n) is 2.38. The molecule has 0 bridgehead atoms. The quantitative estimate of drug-likeness (QED) is 0.822. The number of hydrogen-bond donors (Lipinski definition) is 0. The highest BCUT2D eigenvalue weighted by Gasteiger charge is 2.09. The average molecular weight is 269 g/mol. The lowest BCUT2D eigenvalue weighted by atomic mass is 10.0. The fraction of sp³-hybridized carbons (Fsp3) is 0.154. The van der Waals surface area contributed by atoms with E-state index in [9.17, 15) is 9.18 Å². The first-order valence-corrected chi connectivity index (χ1v) is 6.44. The lowest BCUT2D eigenvalue weighted by molar-refractivity contribution is -0.117. The third-order valence-corrected chi connectivity index (χ3v) is 3.35. The van der Waals surface area contributed by atoms with Gasteiger partial charge in [-0.2, -0.15) is 11.3 Å². The summed E-state index contributed by atoms with van der Waals surface area (Å²) in [6.07, 6.45) is 0.463. The number of carbonyl (C=O) groups is 1. The Morgan fingerprint density at radius 3 is 2.76 bits per heavy atom. The van der Waals surface area contributed by atoms with Crippen LogP contribution in [0.25, 0.3) is 0 Å². The molecule has 1 aromatic heterocycles. The SMILES string of the molecule is O=C(Cc1ccsc1)Cc1ccc(Cl)cc1F. The zero-order chi connectivity index (χ0) is 12.3. The van der Waals surface area contributed by atoms with Crippen LogP contribution in [0.3, 0.4) is 0 Å². The second-order valence-corrected chi connectivity index (χ2v) is 4.98. The maximum absolute atomic E-state index is 13.5. The maximum atomic E-state index is 13.5. The number of hydrogen-bond acceptors (Lipinski definition) is 2. The Morgan fingerprint density at radius 1 is 1.29 bits per heavy atom. The fourth-order valence-electron chi connectivity index (χ4n) is 1.56. The van der Waals surface area contributed by atoms with E-state index in [1.54, 1.807) is 23.5 Å². The van der Waals surface area contributed by atoms with Gasteiger partial charge >= 0.3 is 0 Å². The van der Waals surface area contributed by atoms with Crippen molar-refractivity contribution in [1.82, 2.24) is 0 Å². The zero-order valence-corrected chi connectivity index (χ0v) is 10.5. The molecule has 0 aliphatic rings. The summed E-state index contributed by atoms with van der Waals surface area (Å²) in [5, 5.41) is 4.19. The molecule has 0 atom stereocenters. The molecule has 17 heavy (non-hydrogen) atoms. The molecule has 0 N–H and O–H groups in total. The number of ketones is 1. The van der Waals surface area contributed by atoms with Crippen molar-refractivity contribution in [1.29, 1.82) is 0 Å². The van der Waals surface area contributed by atoms with E-state index in [4.69, 9.17) is 11.6 Å². The van der Waals surface area contributed by atoms with Crippen molar-refractivity contribution in [3.05, 3.63) is 57.0 Å². The minimum absolute atomic E-state index is 0.00428. The minimum Gasteiger partial charge on any atom is -0.299 e. The molecular formula is C13H10ClFOS. The van der Waals surface area contributed by atoms with Crippen LogP contribution in [0.5, 0.6) is 0 Å². The monoisotopic (exact) mass is 268 g/mol. The molecule has 0 saturated heterocycles. The van der Waals surface area contributed by atoms with E-state index < -0.39 is 5.82 Å². The van der Waals surface area contributed by atoms with Gasteiger partial charge in [0, 0.05) is 17.9 Å². The summed E-state index contributed by atoms with van der Waals surface area (Å²) in [6, 6.07) is 6.29. The summed E-state index contributed by atoms with van der Waals surface area (Å²) in [5.74, 6) is -0.416. The van der Waals surface area contributed by atoms with Gasteiger partial charge in [0.05, 0.1) is 0 Å². The molecule has 88 valence electrons. The van der Waals surface area contributed by atoms with E-state index in [1.807, 2.05) is 16.8 Å². The molecule has 4 heteroatoms. The van der Waals surface area contributed by atoms with Crippen LogP contribution in [0.4, 0.5) is 4.39 Å². The Bertz CT molecular complexity index is 522. The Labute approximate surface area is 108 Å². The standard InChI is InChI=1S/C13H10ClFOS/c14-11-2-1-10(13(15)7-11)6-12(16)5-9-3-4-17-8-9/h1-4,7-8H,5-6H2. The molecule has 1 heterocycles. The van der Waals surface area contributed by atoms with E-state index >= 15 is 0 Å². The lowest BCUT2D eigenvalue weighted by Gasteiger charge is -2.02. The first-order valence-electron chi connectivity index (χ1n) is 5.12. The van der Waals surface area contributed by atoms with Gasteiger partial charge in [-0.05, 0) is 40.1 Å². The van der Waals surface area contributed by atoms with Gasteiger partial charge in [0.1, 0.15) is 11.6 Å². The van der Waals surface area contributed by atoms with Crippen molar-refractivity contribution >= 4 is 28.7 Å². The smallest absolute Gasteiger partial charge is 0.141 e. The molecule has 0 fully saturated rings. The van der Waals surface area contributed by atoms with Crippen LogP contribution in [0, 0.1) is 5.82 Å². The van der Waals surface area contributed by atoms with Crippen LogP contribution in [-0.4, -0.2) is 5.78 Å². The molecule has 2 rings (SSSR count). The summed E-state index contributed by atoms with van der Waals surface area (Å²) in [6.45, 7) is 0. The van der Waals surface area contributed by atoms with Crippen LogP contribution < -0.4 is 0 Å². The molecule has 0 aliphatic carbocycles. The molecule has 1 aromatic carbocycles. The van der Waals surface area contributed by atoms with Gasteiger partial charge < -0.3 is 0 Å². The van der Waals surface area contributed by atoms with Gasteiger partial charge in [0.2, 0.25) is 0 Å².